The van der Waals surface area contributed by atoms with Crippen LogP contribution < -0.4 is 5.73 Å². The van der Waals surface area contributed by atoms with Crippen molar-refractivity contribution in [1.82, 2.24) is 9.78 Å². The van der Waals surface area contributed by atoms with Crippen LogP contribution in [-0.2, 0) is 6.54 Å². The molecule has 100 valence electrons. The van der Waals surface area contributed by atoms with Gasteiger partial charge in [0.2, 0.25) is 0 Å². The van der Waals surface area contributed by atoms with E-state index in [1.165, 1.54) is 0 Å². The van der Waals surface area contributed by atoms with E-state index in [2.05, 4.69) is 5.10 Å². The summed E-state index contributed by atoms with van der Waals surface area (Å²) in [7, 11) is 0. The van der Waals surface area contributed by atoms with Gasteiger partial charge >= 0.3 is 0 Å². The Labute approximate surface area is 122 Å². The second-order valence-corrected chi connectivity index (χ2v) is 4.92. The molecular formula is C16H14ClN3. The molecule has 0 aliphatic carbocycles. The summed E-state index contributed by atoms with van der Waals surface area (Å²) in [5, 5.41) is 5.28. The smallest absolute Gasteiger partial charge is 0.0771 e. The van der Waals surface area contributed by atoms with Crippen LogP contribution in [0.5, 0.6) is 0 Å². The molecule has 3 rings (SSSR count). The summed E-state index contributed by atoms with van der Waals surface area (Å²) in [5.41, 5.74) is 9.65. The number of rotatable bonds is 3. The highest BCUT2D eigenvalue weighted by Crippen LogP contribution is 2.25. The number of aromatic nitrogens is 2. The number of nitrogens with two attached hydrogens (primary N) is 1. The number of para-hydroxylation sites is 1. The largest absolute Gasteiger partial charge is 0.325 e. The van der Waals surface area contributed by atoms with Crippen molar-refractivity contribution in [2.24, 2.45) is 5.73 Å². The van der Waals surface area contributed by atoms with Crippen molar-refractivity contribution >= 4 is 11.6 Å². The van der Waals surface area contributed by atoms with Gasteiger partial charge in [-0.15, -0.1) is 0 Å². The molecule has 3 aromatic rings. The lowest BCUT2D eigenvalue weighted by atomic mass is 10.1. The third kappa shape index (κ3) is 2.46. The topological polar surface area (TPSA) is 43.8 Å². The minimum atomic E-state index is 0.417. The van der Waals surface area contributed by atoms with E-state index < -0.39 is 0 Å². The van der Waals surface area contributed by atoms with Gasteiger partial charge in [-0.05, 0) is 30.3 Å². The molecule has 0 atom stereocenters. The molecule has 3 nitrogen and oxygen atoms in total. The maximum Gasteiger partial charge on any atom is 0.0771 e. The molecule has 0 saturated carbocycles. The number of hydrogen-bond acceptors (Lipinski definition) is 2. The van der Waals surface area contributed by atoms with Crippen molar-refractivity contribution in [1.29, 1.82) is 0 Å². The zero-order valence-corrected chi connectivity index (χ0v) is 11.6. The minimum absolute atomic E-state index is 0.417. The van der Waals surface area contributed by atoms with Crippen LogP contribution in [0.1, 0.15) is 5.69 Å². The standard InChI is InChI=1S/C16H14ClN3/c17-13-8-6-12(7-9-13)16-10-14(11-18)19-20(16)15-4-2-1-3-5-15/h1-10H,11,18H2. The zero-order valence-electron chi connectivity index (χ0n) is 10.8. The first kappa shape index (κ1) is 12.9. The predicted molar refractivity (Wildman–Crippen MR) is 81.9 cm³/mol. The Bertz CT molecular complexity index is 702. The number of benzene rings is 2. The Balaban J connectivity index is 2.15. The maximum atomic E-state index is 5.95. The van der Waals surface area contributed by atoms with Gasteiger partial charge in [0.05, 0.1) is 17.1 Å². The monoisotopic (exact) mass is 283 g/mol. The molecule has 0 radical (unpaired) electrons. The summed E-state index contributed by atoms with van der Waals surface area (Å²) in [4.78, 5) is 0. The molecule has 2 N–H and O–H groups in total. The molecule has 0 spiro atoms. The molecule has 2 aromatic carbocycles. The Kier molecular flexibility index (Phi) is 3.54. The molecule has 20 heavy (non-hydrogen) atoms. The molecule has 0 amide bonds. The first-order chi connectivity index (χ1) is 9.78. The SMILES string of the molecule is NCc1cc(-c2ccc(Cl)cc2)n(-c2ccccc2)n1. The Morgan fingerprint density at radius 2 is 1.70 bits per heavy atom. The van der Waals surface area contributed by atoms with Crippen molar-refractivity contribution < 1.29 is 0 Å². The van der Waals surface area contributed by atoms with Crippen LogP contribution in [-0.4, -0.2) is 9.78 Å². The van der Waals surface area contributed by atoms with Gasteiger partial charge in [-0.2, -0.15) is 5.10 Å². The Morgan fingerprint density at radius 3 is 2.35 bits per heavy atom. The van der Waals surface area contributed by atoms with E-state index in [1.807, 2.05) is 65.3 Å². The molecular weight excluding hydrogens is 270 g/mol. The third-order valence-corrected chi connectivity index (χ3v) is 3.36. The number of hydrogen-bond donors (Lipinski definition) is 1. The van der Waals surface area contributed by atoms with Crippen molar-refractivity contribution in [3.05, 3.63) is 71.4 Å². The van der Waals surface area contributed by atoms with Crippen LogP contribution in [0.3, 0.4) is 0 Å². The highest BCUT2D eigenvalue weighted by molar-refractivity contribution is 6.30. The van der Waals surface area contributed by atoms with Gasteiger partial charge in [0.1, 0.15) is 0 Å². The molecule has 0 bridgehead atoms. The van der Waals surface area contributed by atoms with E-state index in [9.17, 15) is 0 Å². The van der Waals surface area contributed by atoms with E-state index in [-0.39, 0.29) is 0 Å². The first-order valence-electron chi connectivity index (χ1n) is 6.38. The van der Waals surface area contributed by atoms with Crippen LogP contribution in [0, 0.1) is 0 Å². The Hall–Kier alpha value is -2.10. The van der Waals surface area contributed by atoms with Gasteiger partial charge < -0.3 is 5.73 Å². The lowest BCUT2D eigenvalue weighted by Gasteiger charge is -2.07. The number of nitrogens with zero attached hydrogens (tertiary/aromatic N) is 2. The van der Waals surface area contributed by atoms with Crippen LogP contribution in [0.25, 0.3) is 16.9 Å². The van der Waals surface area contributed by atoms with Crippen LogP contribution in [0.2, 0.25) is 5.02 Å². The fraction of sp³-hybridized carbons (Fsp3) is 0.0625. The molecule has 1 heterocycles. The third-order valence-electron chi connectivity index (χ3n) is 3.11. The van der Waals surface area contributed by atoms with Crippen molar-refractivity contribution in [2.45, 2.75) is 6.54 Å². The van der Waals surface area contributed by atoms with Gasteiger partial charge in [0.25, 0.3) is 0 Å². The second kappa shape index (κ2) is 5.49. The number of halogens is 1. The summed E-state index contributed by atoms with van der Waals surface area (Å²) in [5.74, 6) is 0. The van der Waals surface area contributed by atoms with Gasteiger partial charge in [-0.25, -0.2) is 4.68 Å². The molecule has 0 saturated heterocycles. The highest BCUT2D eigenvalue weighted by atomic mass is 35.5. The molecule has 4 heteroatoms. The van der Waals surface area contributed by atoms with Crippen molar-refractivity contribution in [3.8, 4) is 16.9 Å². The first-order valence-corrected chi connectivity index (χ1v) is 6.76. The summed E-state index contributed by atoms with van der Waals surface area (Å²) in [6.07, 6.45) is 0. The quantitative estimate of drug-likeness (QED) is 0.797. The van der Waals surface area contributed by atoms with Crippen molar-refractivity contribution in [3.63, 3.8) is 0 Å². The maximum absolute atomic E-state index is 5.95. The summed E-state index contributed by atoms with van der Waals surface area (Å²) >= 11 is 5.95. The van der Waals surface area contributed by atoms with E-state index >= 15 is 0 Å². The molecule has 0 aliphatic rings. The summed E-state index contributed by atoms with van der Waals surface area (Å²) < 4.78 is 1.91. The van der Waals surface area contributed by atoms with E-state index in [1.54, 1.807) is 0 Å². The van der Waals surface area contributed by atoms with Crippen LogP contribution >= 0.6 is 11.6 Å². The minimum Gasteiger partial charge on any atom is -0.325 e. The highest BCUT2D eigenvalue weighted by Gasteiger charge is 2.10. The predicted octanol–water partition coefficient (Wildman–Crippen LogP) is 3.65. The average Bonchev–Trinajstić information content (AvgIpc) is 2.93. The molecule has 0 unspecified atom stereocenters. The second-order valence-electron chi connectivity index (χ2n) is 4.48. The van der Waals surface area contributed by atoms with Crippen LogP contribution in [0.15, 0.2) is 60.7 Å². The van der Waals surface area contributed by atoms with Gasteiger partial charge in [-0.1, -0.05) is 41.9 Å². The average molecular weight is 284 g/mol. The lowest BCUT2D eigenvalue weighted by Crippen LogP contribution is -2.01. The molecule has 1 aromatic heterocycles. The van der Waals surface area contributed by atoms with Gasteiger partial charge in [0.15, 0.2) is 0 Å². The van der Waals surface area contributed by atoms with Gasteiger partial charge in [0, 0.05) is 17.1 Å². The molecule has 0 aliphatic heterocycles. The zero-order chi connectivity index (χ0) is 13.9. The van der Waals surface area contributed by atoms with Crippen molar-refractivity contribution in [2.75, 3.05) is 0 Å². The molecule has 0 fully saturated rings. The fourth-order valence-electron chi connectivity index (χ4n) is 2.12. The van der Waals surface area contributed by atoms with E-state index in [4.69, 9.17) is 17.3 Å². The fourth-order valence-corrected chi connectivity index (χ4v) is 2.25. The van der Waals surface area contributed by atoms with Crippen LogP contribution in [0.4, 0.5) is 0 Å². The Morgan fingerprint density at radius 1 is 1.00 bits per heavy atom. The van der Waals surface area contributed by atoms with E-state index in [0.717, 1.165) is 27.7 Å². The summed E-state index contributed by atoms with van der Waals surface area (Å²) in [6, 6.07) is 19.7. The summed E-state index contributed by atoms with van der Waals surface area (Å²) in [6.45, 7) is 0.417. The lowest BCUT2D eigenvalue weighted by molar-refractivity contribution is 0.838. The van der Waals surface area contributed by atoms with E-state index in [0.29, 0.717) is 6.54 Å². The van der Waals surface area contributed by atoms with Gasteiger partial charge in [-0.3, -0.25) is 0 Å². The normalized spacial score (nSPS) is 10.7.